The van der Waals surface area contributed by atoms with Gasteiger partial charge in [0, 0.05) is 38.9 Å². The van der Waals surface area contributed by atoms with Crippen LogP contribution in [0.4, 0.5) is 5.82 Å². The zero-order chi connectivity index (χ0) is 7.40. The average Bonchev–Trinajstić information content (AvgIpc) is 1.95. The van der Waals surface area contributed by atoms with E-state index in [1.54, 1.807) is 0 Å². The van der Waals surface area contributed by atoms with E-state index in [1.807, 2.05) is 0 Å². The van der Waals surface area contributed by atoms with Crippen molar-refractivity contribution in [1.82, 2.24) is 4.98 Å². The molecule has 1 heterocycles. The van der Waals surface area contributed by atoms with Crippen LogP contribution < -0.4 is 5.32 Å². The number of hydrogen-bond acceptors (Lipinski definition) is 3. The number of pyridine rings is 1. The summed E-state index contributed by atoms with van der Waals surface area (Å²) >= 11 is 0. The first-order chi connectivity index (χ1) is 4.83. The maximum atomic E-state index is 9.72. The van der Waals surface area contributed by atoms with Crippen LogP contribution in [-0.4, -0.2) is 16.5 Å². The molecule has 0 saturated heterocycles. The van der Waals surface area contributed by atoms with E-state index in [2.05, 4.69) is 10.3 Å². The van der Waals surface area contributed by atoms with Gasteiger partial charge in [-0.3, -0.25) is 0 Å². The minimum absolute atomic E-state index is 0. The van der Waals surface area contributed by atoms with E-state index in [4.69, 9.17) is 5.11 Å². The Labute approximate surface area is 96.3 Å². The molecule has 0 atom stereocenters. The molecule has 0 aliphatic rings. The third-order valence-corrected chi connectivity index (χ3v) is 0.927. The van der Waals surface area contributed by atoms with Crippen molar-refractivity contribution in [2.75, 3.05) is 5.32 Å². The summed E-state index contributed by atoms with van der Waals surface area (Å²) in [6.07, 6.45) is 2.70. The predicted molar refractivity (Wildman–Crippen MR) is 41.6 cm³/mol. The number of aromatic nitrogens is 1. The predicted octanol–water partition coefficient (Wildman–Crippen LogP) is 0.714. The first kappa shape index (κ1) is 14.1. The van der Waals surface area contributed by atoms with Gasteiger partial charge < -0.3 is 27.6 Å². The Hall–Kier alpha value is -0.476. The number of amides is 1. The van der Waals surface area contributed by atoms with E-state index >= 15 is 0 Å². The van der Waals surface area contributed by atoms with E-state index in [-0.39, 0.29) is 45.9 Å². The zero-order valence-electron chi connectivity index (χ0n) is 6.61. The van der Waals surface area contributed by atoms with Crippen molar-refractivity contribution < 1.29 is 42.6 Å². The minimum Gasteiger partial charge on any atom is -0.506 e. The molecule has 63 valence electrons. The zero-order valence-corrected chi connectivity index (χ0v) is 9.45. The van der Waals surface area contributed by atoms with Crippen molar-refractivity contribution in [3.8, 4) is 5.75 Å². The molecule has 1 rings (SSSR count). The van der Waals surface area contributed by atoms with Crippen LogP contribution >= 0.6 is 0 Å². The summed E-state index contributed by atoms with van der Waals surface area (Å²) < 4.78 is 0. The molecule has 0 spiro atoms. The van der Waals surface area contributed by atoms with Crippen LogP contribution in [0.2, 0.25) is 0 Å². The molecule has 0 bridgehead atoms. The van der Waals surface area contributed by atoms with Gasteiger partial charge in [-0.2, -0.15) is 0 Å². The third-order valence-electron chi connectivity index (χ3n) is 0.927. The van der Waals surface area contributed by atoms with Crippen LogP contribution in [-0.2, 0) is 37.5 Å². The van der Waals surface area contributed by atoms with Crippen LogP contribution in [0.3, 0.4) is 0 Å². The molecule has 0 aliphatic heterocycles. The molecule has 1 aromatic heterocycles. The summed E-state index contributed by atoms with van der Waals surface area (Å²) in [7, 11) is 0. The smallest absolute Gasteiger partial charge is 0.130 e. The Morgan fingerprint density at radius 2 is 2.17 bits per heavy atom. The largest absolute Gasteiger partial charge is 0.506 e. The first-order valence-corrected chi connectivity index (χ1v) is 2.61. The van der Waals surface area contributed by atoms with Gasteiger partial charge in [-0.15, -0.1) is 0 Å². The Balaban J connectivity index is 0. The second-order valence-electron chi connectivity index (χ2n) is 1.63. The summed E-state index contributed by atoms with van der Waals surface area (Å²) in [5.74, 6) is 0.434. The van der Waals surface area contributed by atoms with Gasteiger partial charge in [0.05, 0.1) is 6.41 Å². The monoisotopic (exact) mass is 241 g/mol. The molecule has 5 heteroatoms. The van der Waals surface area contributed by atoms with E-state index in [0.29, 0.717) is 5.82 Å². The minimum atomic E-state index is 0. The molecule has 0 saturated carbocycles. The fraction of sp³-hybridized carbons (Fsp3) is 0. The molecule has 0 unspecified atom stereocenters. The van der Waals surface area contributed by atoms with E-state index in [0.717, 1.165) is 0 Å². The second-order valence-corrected chi connectivity index (χ2v) is 1.63. The maximum absolute atomic E-state index is 9.72. The molecule has 0 aliphatic carbocycles. The van der Waals surface area contributed by atoms with Gasteiger partial charge in [-0.1, -0.05) is 6.07 Å². The normalized spacial score (nSPS) is 7.33. The van der Waals surface area contributed by atoms with Crippen molar-refractivity contribution in [3.05, 3.63) is 25.8 Å². The Bertz CT molecular complexity index is 225. The van der Waals surface area contributed by atoms with Crippen LogP contribution in [0, 0.1) is 7.43 Å². The van der Waals surface area contributed by atoms with E-state index < -0.39 is 0 Å². The fourth-order valence-electron chi connectivity index (χ4n) is 0.512. The molecule has 1 amide bonds. The van der Waals surface area contributed by atoms with Crippen molar-refractivity contribution in [1.29, 1.82) is 0 Å². The topological polar surface area (TPSA) is 62.2 Å². The summed E-state index contributed by atoms with van der Waals surface area (Å²) in [4.78, 5) is 13.4. The van der Waals surface area contributed by atoms with Crippen molar-refractivity contribution in [3.63, 3.8) is 0 Å². The first-order valence-electron chi connectivity index (χ1n) is 2.61. The number of carbonyl (C=O) groups excluding carboxylic acids is 1. The molecule has 2 N–H and O–H groups in total. The van der Waals surface area contributed by atoms with E-state index in [9.17, 15) is 4.79 Å². The van der Waals surface area contributed by atoms with Crippen molar-refractivity contribution in [2.45, 2.75) is 0 Å². The third kappa shape index (κ3) is 4.41. The van der Waals surface area contributed by atoms with Crippen LogP contribution in [0.25, 0.3) is 0 Å². The van der Waals surface area contributed by atoms with Gasteiger partial charge in [0.2, 0.25) is 0 Å². The van der Waals surface area contributed by atoms with Gasteiger partial charge in [-0.25, -0.2) is 0 Å². The second kappa shape index (κ2) is 7.19. The summed E-state index contributed by atoms with van der Waals surface area (Å²) in [6, 6.07) is 2.90. The van der Waals surface area contributed by atoms with Crippen LogP contribution in [0.5, 0.6) is 5.75 Å². The molecule has 12 heavy (non-hydrogen) atoms. The quantitative estimate of drug-likeness (QED) is 0.592. The number of hydrogen-bond donors (Lipinski definition) is 2. The number of nitrogens with zero attached hydrogens (tertiary/aromatic N) is 1. The fourth-order valence-corrected chi connectivity index (χ4v) is 0.512. The Morgan fingerprint density at radius 3 is 2.58 bits per heavy atom. The molecule has 1 radical (unpaired) electrons. The van der Waals surface area contributed by atoms with E-state index in [1.165, 1.54) is 24.7 Å². The number of rotatable bonds is 2. The molecule has 1 aromatic rings. The van der Waals surface area contributed by atoms with Gasteiger partial charge in [0.25, 0.3) is 0 Å². The molecule has 0 aromatic carbocycles. The standard InChI is InChI=1S/C6H5N2O2.CH3.Y/c9-4-8-6-2-1-5(10)3-7-6;;/h1-3,10H,(H,7,8,9);1H3;/q2*-1;. The van der Waals surface area contributed by atoms with Gasteiger partial charge >= 0.3 is 0 Å². The summed E-state index contributed by atoms with van der Waals surface area (Å²) in [5.41, 5.74) is 0. The Morgan fingerprint density at radius 1 is 1.50 bits per heavy atom. The summed E-state index contributed by atoms with van der Waals surface area (Å²) in [6.45, 7) is 0. The molecular formula is C7H8N2O2Y-2. The van der Waals surface area contributed by atoms with Gasteiger partial charge in [0.1, 0.15) is 5.75 Å². The van der Waals surface area contributed by atoms with Gasteiger partial charge in [0.15, 0.2) is 0 Å². The molecule has 0 fully saturated rings. The van der Waals surface area contributed by atoms with Crippen molar-refractivity contribution in [2.24, 2.45) is 0 Å². The van der Waals surface area contributed by atoms with Crippen LogP contribution in [0.15, 0.2) is 18.3 Å². The summed E-state index contributed by atoms with van der Waals surface area (Å²) in [5, 5.41) is 10.9. The number of anilines is 1. The van der Waals surface area contributed by atoms with Crippen molar-refractivity contribution >= 4 is 12.2 Å². The maximum Gasteiger partial charge on any atom is 0.130 e. The van der Waals surface area contributed by atoms with Gasteiger partial charge in [-0.05, 0) is 11.9 Å². The Kier molecular flexibility index (Phi) is 8.43. The van der Waals surface area contributed by atoms with Crippen LogP contribution in [0.1, 0.15) is 0 Å². The SMILES string of the molecule is O=[C-]Nc1ccc(O)cn1.[CH3-].[Y]. The molecular weight excluding hydrogens is 233 g/mol. The molecule has 4 nitrogen and oxygen atoms in total. The number of nitrogens with one attached hydrogen (secondary N) is 1. The average molecular weight is 241 g/mol. The number of aromatic hydroxyl groups is 1.